The Bertz CT molecular complexity index is 4570. The standard InChI is InChI=1S/C92H106O27/c1-52(93)104-49-65-70(108-54(3)95)73(109-55(4)96)76(110-56(5)97)85(112-65)119-86(103)92-46-44-87(6,7)48-63(92)62-38-39-68-89(10)42-41-69(88(8,9)67(89)40-43-91(68,12)90(62,11)45-47-92)113-83-75(116-81(101)60-34-24-16-25-35-60)72(64(51-106-83)107-53(2)94)118-84-77(117-82(102)61-36-26-17-27-37-61)74(115-80(100)59-32-22-15-23-33-59)71(114-79(99)58-30-20-14-21-31-58)66(111-84)50-105-78(98)57-28-18-13-19-29-57/h13-38,63-77,83-85H,39-51H2,1-12H3/t63-,64-,65+,66+,67-,68+,69-,70+,71+,72-,73-,74-,75+,76+,77+,83-,84-,85-,89-,90+,91+,92-/m0/s1. The first-order valence-electron chi connectivity index (χ1n) is 40.9. The van der Waals surface area contributed by atoms with Gasteiger partial charge in [0.2, 0.25) is 12.4 Å². The second kappa shape index (κ2) is 35.6. The van der Waals surface area contributed by atoms with E-state index in [1.165, 1.54) is 68.0 Å². The van der Waals surface area contributed by atoms with Crippen LogP contribution in [0.15, 0.2) is 163 Å². The molecule has 13 rings (SSSR count). The van der Waals surface area contributed by atoms with E-state index in [2.05, 4.69) is 54.5 Å². The van der Waals surface area contributed by atoms with Crippen LogP contribution < -0.4 is 0 Å². The number of fused-ring (bicyclic) bond motifs is 7. The lowest BCUT2D eigenvalue weighted by Crippen LogP contribution is -2.67. The van der Waals surface area contributed by atoms with Gasteiger partial charge in [-0.25, -0.2) is 24.0 Å². The molecule has 27 nitrogen and oxygen atoms in total. The molecule has 27 heteroatoms. The number of hydrogen-bond donors (Lipinski definition) is 0. The van der Waals surface area contributed by atoms with Crippen LogP contribution in [-0.2, 0) is 105 Å². The fourth-order valence-corrected chi connectivity index (χ4v) is 20.5. The van der Waals surface area contributed by atoms with E-state index >= 15 is 4.79 Å². The Morgan fingerprint density at radius 2 is 0.815 bits per heavy atom. The molecule has 3 aliphatic heterocycles. The van der Waals surface area contributed by atoms with Crippen LogP contribution in [0.1, 0.15) is 199 Å². The SMILES string of the molecule is CC(=O)OC[C@H]1O[C@@H](OC(=O)[C@]23CCC(C)(C)C[C@H]2C2=CC[C@@H]4[C@@]5(C)CC[C@H](O[C@@H]6OC[C@H](OC(C)=O)[C@H](O[C@@H]7O[C@H](COC(=O)c8ccccc8)[C@@H](OC(=O)c8ccccc8)[C@H](OC(=O)c8ccccc8)[C@H]7OC(=O)c7ccccc7)[C@H]6OC(=O)c6ccccc6)C(C)(C)[C@@H]5CC[C@@]4(C)[C@]2(C)CC3)[C@H](OC(C)=O)[C@@H](OC(C)=O)[C@@H]1OC(C)=O. The van der Waals surface area contributed by atoms with Crippen LogP contribution >= 0.6 is 0 Å². The number of hydrogen-bond acceptors (Lipinski definition) is 27. The average molecular weight is 1640 g/mol. The largest absolute Gasteiger partial charge is 0.463 e. The van der Waals surface area contributed by atoms with Crippen molar-refractivity contribution in [3.05, 3.63) is 191 Å². The van der Waals surface area contributed by atoms with Gasteiger partial charge in [0.1, 0.15) is 31.5 Å². The lowest BCUT2D eigenvalue weighted by atomic mass is 9.33. The molecule has 0 amide bonds. The first kappa shape index (κ1) is 86.7. The van der Waals surface area contributed by atoms with Crippen LogP contribution in [0.3, 0.4) is 0 Å². The summed E-state index contributed by atoms with van der Waals surface area (Å²) in [5, 5.41) is 0. The maximum absolute atomic E-state index is 15.8. The van der Waals surface area contributed by atoms with E-state index in [-0.39, 0.29) is 61.8 Å². The molecule has 0 bridgehead atoms. The van der Waals surface area contributed by atoms with E-state index in [4.69, 9.17) is 75.8 Å². The maximum Gasteiger partial charge on any atom is 0.338 e. The maximum atomic E-state index is 15.8. The lowest BCUT2D eigenvalue weighted by molar-refractivity contribution is -0.355. The third-order valence-electron chi connectivity index (χ3n) is 26.4. The molecule has 8 aliphatic rings. The highest BCUT2D eigenvalue weighted by atomic mass is 16.8. The fourth-order valence-electron chi connectivity index (χ4n) is 20.5. The smallest absolute Gasteiger partial charge is 0.338 e. The van der Waals surface area contributed by atoms with E-state index in [0.29, 0.717) is 51.4 Å². The Hall–Kier alpha value is -10.2. The Morgan fingerprint density at radius 1 is 0.387 bits per heavy atom. The van der Waals surface area contributed by atoms with Crippen molar-refractivity contribution in [3.8, 4) is 0 Å². The second-order valence-electron chi connectivity index (χ2n) is 34.7. The summed E-state index contributed by atoms with van der Waals surface area (Å²) in [4.78, 5) is 153. The summed E-state index contributed by atoms with van der Waals surface area (Å²) in [5.41, 5.74) is -1.61. The predicted octanol–water partition coefficient (Wildman–Crippen LogP) is 13.0. The molecule has 119 heavy (non-hydrogen) atoms. The second-order valence-corrected chi connectivity index (χ2v) is 34.7. The van der Waals surface area contributed by atoms with Gasteiger partial charge in [-0.1, -0.05) is 151 Å². The molecule has 3 saturated heterocycles. The van der Waals surface area contributed by atoms with Gasteiger partial charge in [0.05, 0.1) is 45.9 Å². The van der Waals surface area contributed by atoms with Crippen LogP contribution in [-0.4, -0.2) is 178 Å². The van der Waals surface area contributed by atoms with Gasteiger partial charge in [0.25, 0.3) is 0 Å². The van der Waals surface area contributed by atoms with Crippen molar-refractivity contribution in [1.82, 2.24) is 0 Å². The van der Waals surface area contributed by atoms with Crippen molar-refractivity contribution >= 4 is 65.7 Å². The fraction of sp³-hybridized carbons (Fsp3) is 0.533. The highest BCUT2D eigenvalue weighted by Crippen LogP contribution is 2.76. The monoisotopic (exact) mass is 1640 g/mol. The zero-order chi connectivity index (χ0) is 85.1. The minimum atomic E-state index is -1.99. The molecular weight excluding hydrogens is 1540 g/mol. The van der Waals surface area contributed by atoms with Crippen LogP contribution in [0.25, 0.3) is 0 Å². The first-order chi connectivity index (χ1) is 56.6. The van der Waals surface area contributed by atoms with E-state index in [1.54, 1.807) is 103 Å². The molecule has 0 aromatic heterocycles. The van der Waals surface area contributed by atoms with E-state index in [0.717, 1.165) is 33.6 Å². The van der Waals surface area contributed by atoms with Crippen molar-refractivity contribution in [2.45, 2.75) is 239 Å². The van der Waals surface area contributed by atoms with Gasteiger partial charge in [-0.05, 0) is 170 Å². The number of ether oxygens (including phenoxy) is 16. The van der Waals surface area contributed by atoms with Crippen molar-refractivity contribution in [1.29, 1.82) is 0 Å². The third-order valence-corrected chi connectivity index (χ3v) is 26.4. The topological polar surface area (TPSA) is 335 Å². The van der Waals surface area contributed by atoms with Crippen LogP contribution in [0.5, 0.6) is 0 Å². The van der Waals surface area contributed by atoms with Gasteiger partial charge >= 0.3 is 65.7 Å². The Labute approximate surface area is 691 Å². The summed E-state index contributed by atoms with van der Waals surface area (Å²) in [6.07, 6.45) is -15.4. The highest BCUT2D eigenvalue weighted by molar-refractivity contribution is 5.92. The number of esters is 11. The highest BCUT2D eigenvalue weighted by Gasteiger charge is 2.71. The summed E-state index contributed by atoms with van der Waals surface area (Å²) in [5.74, 6) is -9.40. The van der Waals surface area contributed by atoms with Gasteiger partial charge in [0.15, 0.2) is 55.3 Å². The summed E-state index contributed by atoms with van der Waals surface area (Å²) in [6, 6.07) is 39.8. The number of rotatable bonds is 23. The molecule has 0 radical (unpaired) electrons. The van der Waals surface area contributed by atoms with Gasteiger partial charge in [-0.15, -0.1) is 0 Å². The first-order valence-corrected chi connectivity index (χ1v) is 40.9. The zero-order valence-corrected chi connectivity index (χ0v) is 69.1. The number of carbonyl (C=O) groups excluding carboxylic acids is 11. The Balaban J connectivity index is 0.830. The summed E-state index contributed by atoms with van der Waals surface area (Å²) >= 11 is 0. The summed E-state index contributed by atoms with van der Waals surface area (Å²) in [6.45, 7) is 20.0. The van der Waals surface area contributed by atoms with Gasteiger partial charge in [-0.3, -0.25) is 28.8 Å². The summed E-state index contributed by atoms with van der Waals surface area (Å²) < 4.78 is 102. The number of allylic oxidation sites excluding steroid dienone is 2. The normalized spacial score (nSPS) is 33.4. The zero-order valence-electron chi connectivity index (χ0n) is 69.1. The molecule has 5 aromatic rings. The minimum Gasteiger partial charge on any atom is -0.463 e. The molecule has 5 aliphatic carbocycles. The molecular formula is C92H106O27. The van der Waals surface area contributed by atoms with Crippen LogP contribution in [0.2, 0.25) is 0 Å². The van der Waals surface area contributed by atoms with Crippen LogP contribution in [0, 0.1) is 50.2 Å². The quantitative estimate of drug-likeness (QED) is 0.0254. The minimum absolute atomic E-state index is 0.0175. The van der Waals surface area contributed by atoms with Crippen LogP contribution in [0.4, 0.5) is 0 Å². The predicted molar refractivity (Wildman–Crippen MR) is 420 cm³/mol. The molecule has 0 spiro atoms. The number of carbonyl (C=O) groups is 11. The van der Waals surface area contributed by atoms with Crippen molar-refractivity contribution in [2.75, 3.05) is 19.8 Å². The summed E-state index contributed by atoms with van der Waals surface area (Å²) in [7, 11) is 0. The van der Waals surface area contributed by atoms with E-state index < -0.39 is 194 Å². The van der Waals surface area contributed by atoms with Gasteiger partial charge in [-0.2, -0.15) is 0 Å². The molecule has 3 heterocycles. The molecule has 636 valence electrons. The van der Waals surface area contributed by atoms with Crippen molar-refractivity contribution < 1.29 is 129 Å². The van der Waals surface area contributed by atoms with Crippen molar-refractivity contribution in [3.63, 3.8) is 0 Å². The molecule has 4 saturated carbocycles. The number of benzene rings is 5. The third kappa shape index (κ3) is 18.2. The molecule has 0 unspecified atom stereocenters. The average Bonchev–Trinajstić information content (AvgIpc) is 0.674. The molecule has 5 aromatic carbocycles. The van der Waals surface area contributed by atoms with Gasteiger partial charge < -0.3 is 75.8 Å². The van der Waals surface area contributed by atoms with Gasteiger partial charge in [0, 0.05) is 34.6 Å². The van der Waals surface area contributed by atoms with Crippen molar-refractivity contribution in [2.24, 2.45) is 50.2 Å². The molecule has 0 N–H and O–H groups in total. The Morgan fingerprint density at radius 3 is 1.33 bits per heavy atom. The lowest BCUT2D eigenvalue weighted by Gasteiger charge is -2.71. The molecule has 22 atom stereocenters. The van der Waals surface area contributed by atoms with E-state index in [1.807, 2.05) is 0 Å². The van der Waals surface area contributed by atoms with E-state index in [9.17, 15) is 47.9 Å². The Kier molecular flexibility index (Phi) is 25.9. The molecule has 7 fully saturated rings.